The van der Waals surface area contributed by atoms with E-state index in [0.29, 0.717) is 17.4 Å². The van der Waals surface area contributed by atoms with Crippen molar-refractivity contribution >= 4 is 49.6 Å². The van der Waals surface area contributed by atoms with Crippen LogP contribution in [0.25, 0.3) is 0 Å². The molecule has 0 aliphatic rings. The molecule has 0 atom stereocenters. The number of ether oxygens (including phenoxy) is 1. The largest absolute Gasteiger partial charge is 0.379 e. The molecule has 2 rings (SSSR count). The molecule has 2 aromatic heterocycles. The van der Waals surface area contributed by atoms with Gasteiger partial charge in [-0.15, -0.1) is 11.3 Å². The first-order valence-electron chi connectivity index (χ1n) is 4.98. The highest BCUT2D eigenvalue weighted by Gasteiger charge is 2.16. The summed E-state index contributed by atoms with van der Waals surface area (Å²) in [6.45, 7) is 2.35. The average molecular weight is 348 g/mol. The number of carbonyl (C=O) groups is 1. The highest BCUT2D eigenvalue weighted by atomic mass is 79.9. The van der Waals surface area contributed by atoms with Gasteiger partial charge in [0.25, 0.3) is 5.91 Å². The van der Waals surface area contributed by atoms with Crippen LogP contribution in [0.4, 0.5) is 5.13 Å². The molecule has 0 aromatic carbocycles. The van der Waals surface area contributed by atoms with Gasteiger partial charge in [-0.1, -0.05) is 11.3 Å². The Morgan fingerprint density at radius 3 is 2.94 bits per heavy atom. The molecule has 0 aliphatic heterocycles. The van der Waals surface area contributed by atoms with Gasteiger partial charge in [-0.3, -0.25) is 10.1 Å². The molecule has 0 fully saturated rings. The summed E-state index contributed by atoms with van der Waals surface area (Å²) in [7, 11) is 1.62. The first-order chi connectivity index (χ1) is 8.60. The Bertz CT molecular complexity index is 567. The van der Waals surface area contributed by atoms with Crippen LogP contribution in [0.15, 0.2) is 9.98 Å². The highest BCUT2D eigenvalue weighted by molar-refractivity contribution is 9.11. The van der Waals surface area contributed by atoms with E-state index in [1.54, 1.807) is 13.3 Å². The molecule has 5 nitrogen and oxygen atoms in total. The molecule has 96 valence electrons. The van der Waals surface area contributed by atoms with Crippen molar-refractivity contribution in [3.8, 4) is 0 Å². The van der Waals surface area contributed by atoms with Crippen LogP contribution >= 0.6 is 38.6 Å². The number of amides is 1. The van der Waals surface area contributed by atoms with Gasteiger partial charge >= 0.3 is 0 Å². The van der Waals surface area contributed by atoms with Crippen LogP contribution in [0, 0.1) is 6.92 Å². The number of rotatable bonds is 4. The normalized spacial score (nSPS) is 10.6. The number of anilines is 1. The van der Waals surface area contributed by atoms with Crippen molar-refractivity contribution in [2.75, 3.05) is 12.4 Å². The summed E-state index contributed by atoms with van der Waals surface area (Å²) in [4.78, 5) is 21.2. The zero-order valence-corrected chi connectivity index (χ0v) is 12.9. The van der Waals surface area contributed by atoms with Gasteiger partial charge in [0, 0.05) is 13.3 Å². The summed E-state index contributed by atoms with van der Waals surface area (Å²) < 4.78 is 5.72. The van der Waals surface area contributed by atoms with Crippen molar-refractivity contribution < 1.29 is 9.53 Å². The van der Waals surface area contributed by atoms with Crippen LogP contribution in [0.1, 0.15) is 20.4 Å². The van der Waals surface area contributed by atoms with E-state index in [4.69, 9.17) is 4.74 Å². The maximum Gasteiger partial charge on any atom is 0.278 e. The SMILES string of the molecule is COCc1cnc(NC(=O)c2nc(C)sc2Br)s1. The quantitative estimate of drug-likeness (QED) is 0.922. The van der Waals surface area contributed by atoms with Gasteiger partial charge in [-0.05, 0) is 22.9 Å². The Balaban J connectivity index is 2.08. The fourth-order valence-corrected chi connectivity index (χ4v) is 3.66. The Kier molecular flexibility index (Phi) is 4.44. The second-order valence-electron chi connectivity index (χ2n) is 3.37. The maximum atomic E-state index is 12.0. The number of methoxy groups -OCH3 is 1. The van der Waals surface area contributed by atoms with Crippen LogP contribution in [0.5, 0.6) is 0 Å². The smallest absolute Gasteiger partial charge is 0.278 e. The van der Waals surface area contributed by atoms with Crippen LogP contribution in [0.2, 0.25) is 0 Å². The molecule has 8 heteroatoms. The molecule has 0 radical (unpaired) electrons. The van der Waals surface area contributed by atoms with Crippen molar-refractivity contribution in [1.29, 1.82) is 0 Å². The van der Waals surface area contributed by atoms with Gasteiger partial charge in [0.2, 0.25) is 0 Å². The average Bonchev–Trinajstić information content (AvgIpc) is 2.86. The highest BCUT2D eigenvalue weighted by Crippen LogP contribution is 2.26. The predicted octanol–water partition coefficient (Wildman–Crippen LogP) is 3.07. The van der Waals surface area contributed by atoms with E-state index in [0.717, 1.165) is 13.7 Å². The van der Waals surface area contributed by atoms with E-state index >= 15 is 0 Å². The third kappa shape index (κ3) is 3.14. The zero-order chi connectivity index (χ0) is 13.1. The van der Waals surface area contributed by atoms with Crippen LogP contribution < -0.4 is 5.32 Å². The van der Waals surface area contributed by atoms with Crippen molar-refractivity contribution in [3.63, 3.8) is 0 Å². The Morgan fingerprint density at radius 2 is 2.33 bits per heavy atom. The third-order valence-electron chi connectivity index (χ3n) is 1.97. The molecular weight excluding hydrogens is 338 g/mol. The lowest BCUT2D eigenvalue weighted by Crippen LogP contribution is -2.12. The number of nitrogens with zero attached hydrogens (tertiary/aromatic N) is 2. The van der Waals surface area contributed by atoms with Gasteiger partial charge < -0.3 is 4.74 Å². The van der Waals surface area contributed by atoms with Crippen molar-refractivity contribution in [3.05, 3.63) is 25.6 Å². The molecule has 2 aromatic rings. The summed E-state index contributed by atoms with van der Waals surface area (Å²) in [6.07, 6.45) is 1.69. The number of carbonyl (C=O) groups excluding carboxylic acids is 1. The van der Waals surface area contributed by atoms with Crippen molar-refractivity contribution in [2.45, 2.75) is 13.5 Å². The summed E-state index contributed by atoms with van der Waals surface area (Å²) in [5, 5.41) is 4.10. The topological polar surface area (TPSA) is 64.1 Å². The number of hydrogen-bond acceptors (Lipinski definition) is 6. The van der Waals surface area contributed by atoms with E-state index in [2.05, 4.69) is 31.2 Å². The van der Waals surface area contributed by atoms with Gasteiger partial charge in [-0.2, -0.15) is 0 Å². The number of aromatic nitrogens is 2. The Labute approximate surface area is 120 Å². The van der Waals surface area contributed by atoms with Crippen LogP contribution in [-0.2, 0) is 11.3 Å². The molecule has 2 heterocycles. The minimum Gasteiger partial charge on any atom is -0.379 e. The van der Waals surface area contributed by atoms with E-state index in [9.17, 15) is 4.79 Å². The molecule has 18 heavy (non-hydrogen) atoms. The fourth-order valence-electron chi connectivity index (χ4n) is 1.27. The summed E-state index contributed by atoms with van der Waals surface area (Å²) in [5.74, 6) is -0.260. The van der Waals surface area contributed by atoms with Gasteiger partial charge in [0.1, 0.15) is 3.79 Å². The predicted molar refractivity (Wildman–Crippen MR) is 75.3 cm³/mol. The molecule has 0 saturated carbocycles. The molecular formula is C10H10BrN3O2S2. The molecule has 0 unspecified atom stereocenters. The number of hydrogen-bond donors (Lipinski definition) is 1. The third-order valence-corrected chi connectivity index (χ3v) is 4.48. The van der Waals surface area contributed by atoms with Gasteiger partial charge in [-0.25, -0.2) is 9.97 Å². The Morgan fingerprint density at radius 1 is 1.56 bits per heavy atom. The van der Waals surface area contributed by atoms with E-state index in [1.807, 2.05) is 6.92 Å². The lowest BCUT2D eigenvalue weighted by molar-refractivity contribution is 0.102. The minimum atomic E-state index is -0.260. The number of aryl methyl sites for hydroxylation is 1. The first-order valence-corrected chi connectivity index (χ1v) is 7.40. The molecule has 1 amide bonds. The summed E-state index contributed by atoms with van der Waals surface area (Å²) in [6, 6.07) is 0. The number of nitrogens with one attached hydrogen (secondary N) is 1. The number of thiazole rings is 2. The standard InChI is InChI=1S/C10H10BrN3O2S2/c1-5-13-7(8(11)17-5)9(15)14-10-12-3-6(18-10)4-16-2/h3H,4H2,1-2H3,(H,12,14,15). The second-order valence-corrected chi connectivity index (χ2v) is 7.01. The Hall–Kier alpha value is -0.830. The van der Waals surface area contributed by atoms with E-state index in [1.165, 1.54) is 22.7 Å². The lowest BCUT2D eigenvalue weighted by Gasteiger charge is -1.98. The summed E-state index contributed by atoms with van der Waals surface area (Å²) >= 11 is 6.13. The molecule has 0 aliphatic carbocycles. The summed E-state index contributed by atoms with van der Waals surface area (Å²) in [5.41, 5.74) is 0.390. The minimum absolute atomic E-state index is 0.260. The van der Waals surface area contributed by atoms with Gasteiger partial charge in [0.05, 0.1) is 16.5 Å². The monoisotopic (exact) mass is 347 g/mol. The van der Waals surface area contributed by atoms with Crippen LogP contribution in [0.3, 0.4) is 0 Å². The molecule has 0 spiro atoms. The second kappa shape index (κ2) is 5.87. The first kappa shape index (κ1) is 13.6. The molecule has 0 saturated heterocycles. The van der Waals surface area contributed by atoms with Crippen molar-refractivity contribution in [2.24, 2.45) is 0 Å². The lowest BCUT2D eigenvalue weighted by atomic mass is 10.4. The van der Waals surface area contributed by atoms with Gasteiger partial charge in [0.15, 0.2) is 10.8 Å². The van der Waals surface area contributed by atoms with Crippen molar-refractivity contribution in [1.82, 2.24) is 9.97 Å². The molecule has 1 N–H and O–H groups in total. The van der Waals surface area contributed by atoms with Crippen LogP contribution in [-0.4, -0.2) is 23.0 Å². The fraction of sp³-hybridized carbons (Fsp3) is 0.300. The van der Waals surface area contributed by atoms with E-state index < -0.39 is 0 Å². The van der Waals surface area contributed by atoms with E-state index in [-0.39, 0.29) is 5.91 Å². The zero-order valence-electron chi connectivity index (χ0n) is 9.69. The maximum absolute atomic E-state index is 12.0. The number of halogens is 1. The molecule has 0 bridgehead atoms.